The number of pyridine rings is 2. The fraction of sp³-hybridized carbons (Fsp3) is 0.235. The Morgan fingerprint density at radius 3 is 2.75 bits per heavy atom. The van der Waals surface area contributed by atoms with Gasteiger partial charge in [0.1, 0.15) is 16.5 Å². The highest BCUT2D eigenvalue weighted by molar-refractivity contribution is 14.1. The summed E-state index contributed by atoms with van der Waals surface area (Å²) in [6.07, 6.45) is -1.56. The van der Waals surface area contributed by atoms with Gasteiger partial charge in [-0.25, -0.2) is 9.97 Å². The normalized spacial score (nSPS) is 11.6. The van der Waals surface area contributed by atoms with Crippen molar-refractivity contribution in [1.82, 2.24) is 14.4 Å². The van der Waals surface area contributed by atoms with Crippen molar-refractivity contribution in [3.05, 3.63) is 45.4 Å². The highest BCUT2D eigenvalue weighted by Crippen LogP contribution is 2.32. The fourth-order valence-corrected chi connectivity index (χ4v) is 3.83. The van der Waals surface area contributed by atoms with Gasteiger partial charge in [0.25, 0.3) is 5.91 Å². The van der Waals surface area contributed by atoms with E-state index in [2.05, 4.69) is 43.2 Å². The zero-order chi connectivity index (χ0) is 20.5. The van der Waals surface area contributed by atoms with Crippen molar-refractivity contribution in [1.29, 1.82) is 0 Å². The van der Waals surface area contributed by atoms with Crippen molar-refractivity contribution in [3.63, 3.8) is 0 Å². The van der Waals surface area contributed by atoms with Crippen molar-refractivity contribution in [2.24, 2.45) is 0 Å². The number of anilines is 2. The van der Waals surface area contributed by atoms with E-state index in [4.69, 9.17) is 0 Å². The molecule has 3 aromatic heterocycles. The van der Waals surface area contributed by atoms with E-state index in [-0.39, 0.29) is 11.3 Å². The van der Waals surface area contributed by atoms with Crippen LogP contribution in [0.15, 0.2) is 35.6 Å². The highest BCUT2D eigenvalue weighted by atomic mass is 127. The zero-order valence-electron chi connectivity index (χ0n) is 14.8. The number of halogens is 4. The average molecular weight is 521 g/mol. The first-order valence-electron chi connectivity index (χ1n) is 8.11. The molecule has 0 aliphatic heterocycles. The van der Waals surface area contributed by atoms with E-state index in [0.29, 0.717) is 22.3 Å². The molecule has 2 N–H and O–H groups in total. The Labute approximate surface area is 176 Å². The second kappa shape index (κ2) is 8.15. The lowest BCUT2D eigenvalue weighted by Crippen LogP contribution is -2.15. The number of hydrogen-bond acceptors (Lipinski definition) is 5. The van der Waals surface area contributed by atoms with E-state index in [1.807, 2.05) is 6.92 Å². The van der Waals surface area contributed by atoms with Gasteiger partial charge in [0.2, 0.25) is 0 Å². The van der Waals surface area contributed by atoms with Gasteiger partial charge in [0.05, 0.1) is 11.3 Å². The lowest BCUT2D eigenvalue weighted by Gasteiger charge is -2.10. The SMILES string of the molecule is CCSc1c(C(=O)Nc2cc(I)cnc2NC)nc2cc(C(F)(F)F)ccn12. The molecule has 0 spiro atoms. The molecule has 0 aromatic carbocycles. The Morgan fingerprint density at radius 2 is 2.11 bits per heavy atom. The molecule has 0 unspecified atom stereocenters. The van der Waals surface area contributed by atoms with E-state index in [1.165, 1.54) is 22.4 Å². The molecule has 0 aliphatic carbocycles. The van der Waals surface area contributed by atoms with Gasteiger partial charge in [-0.3, -0.25) is 9.20 Å². The minimum atomic E-state index is -4.48. The fourth-order valence-electron chi connectivity index (χ4n) is 2.54. The first-order valence-corrected chi connectivity index (χ1v) is 10.2. The molecule has 28 heavy (non-hydrogen) atoms. The number of imidazole rings is 1. The maximum absolute atomic E-state index is 13.0. The summed E-state index contributed by atoms with van der Waals surface area (Å²) in [6, 6.07) is 3.64. The third-order valence-corrected chi connectivity index (χ3v) is 5.29. The van der Waals surface area contributed by atoms with Crippen LogP contribution < -0.4 is 10.6 Å². The molecule has 0 saturated heterocycles. The van der Waals surface area contributed by atoms with Gasteiger partial charge in [-0.1, -0.05) is 6.92 Å². The van der Waals surface area contributed by atoms with Gasteiger partial charge in [0, 0.05) is 23.0 Å². The summed E-state index contributed by atoms with van der Waals surface area (Å²) in [4.78, 5) is 21.2. The molecule has 0 atom stereocenters. The van der Waals surface area contributed by atoms with Crippen molar-refractivity contribution in [2.45, 2.75) is 18.1 Å². The van der Waals surface area contributed by atoms with Gasteiger partial charge >= 0.3 is 6.18 Å². The number of carbonyl (C=O) groups excluding carboxylic acids is 1. The van der Waals surface area contributed by atoms with Crippen LogP contribution in [0, 0.1) is 3.57 Å². The largest absolute Gasteiger partial charge is 0.416 e. The molecule has 3 heterocycles. The van der Waals surface area contributed by atoms with Crippen molar-refractivity contribution >= 4 is 57.4 Å². The third-order valence-electron chi connectivity index (χ3n) is 3.75. The first-order chi connectivity index (χ1) is 13.2. The van der Waals surface area contributed by atoms with E-state index in [1.54, 1.807) is 19.3 Å². The van der Waals surface area contributed by atoms with E-state index >= 15 is 0 Å². The van der Waals surface area contributed by atoms with Crippen LogP contribution in [0.2, 0.25) is 0 Å². The van der Waals surface area contributed by atoms with Gasteiger partial charge in [-0.05, 0) is 46.5 Å². The molecular weight excluding hydrogens is 506 g/mol. The molecule has 0 aliphatic rings. The van der Waals surface area contributed by atoms with Crippen LogP contribution in [0.3, 0.4) is 0 Å². The lowest BCUT2D eigenvalue weighted by atomic mass is 10.2. The van der Waals surface area contributed by atoms with Crippen LogP contribution >= 0.6 is 34.4 Å². The lowest BCUT2D eigenvalue weighted by molar-refractivity contribution is -0.137. The summed E-state index contributed by atoms with van der Waals surface area (Å²) in [5, 5.41) is 6.11. The molecule has 1 amide bonds. The van der Waals surface area contributed by atoms with E-state index < -0.39 is 17.6 Å². The third kappa shape index (κ3) is 4.19. The maximum Gasteiger partial charge on any atom is 0.416 e. The number of nitrogens with one attached hydrogen (secondary N) is 2. The summed E-state index contributed by atoms with van der Waals surface area (Å²) in [6.45, 7) is 1.89. The smallest absolute Gasteiger partial charge is 0.371 e. The van der Waals surface area contributed by atoms with Gasteiger partial charge in [0.15, 0.2) is 5.69 Å². The number of amides is 1. The summed E-state index contributed by atoms with van der Waals surface area (Å²) in [7, 11) is 1.67. The number of hydrogen-bond donors (Lipinski definition) is 2. The molecule has 0 fully saturated rings. The van der Waals surface area contributed by atoms with E-state index in [9.17, 15) is 18.0 Å². The second-order valence-corrected chi connectivity index (χ2v) is 8.09. The second-order valence-electron chi connectivity index (χ2n) is 5.59. The molecule has 148 valence electrons. The quantitative estimate of drug-likeness (QED) is 0.375. The van der Waals surface area contributed by atoms with Gasteiger partial charge < -0.3 is 10.6 Å². The van der Waals surface area contributed by atoms with Crippen LogP contribution in [-0.4, -0.2) is 33.1 Å². The minimum Gasteiger partial charge on any atom is -0.371 e. The Balaban J connectivity index is 2.05. The highest BCUT2D eigenvalue weighted by Gasteiger charge is 2.31. The molecule has 3 rings (SSSR count). The summed E-state index contributed by atoms with van der Waals surface area (Å²) in [5.41, 5.74) is -0.234. The molecular formula is C17H15F3IN5OS. The topological polar surface area (TPSA) is 71.3 Å². The molecule has 0 radical (unpaired) electrons. The Hall–Kier alpha value is -2.02. The number of aromatic nitrogens is 3. The number of fused-ring (bicyclic) bond motifs is 1. The number of nitrogens with zero attached hydrogens (tertiary/aromatic N) is 3. The van der Waals surface area contributed by atoms with Crippen LogP contribution in [0.1, 0.15) is 23.0 Å². The Morgan fingerprint density at radius 1 is 1.36 bits per heavy atom. The molecule has 0 bridgehead atoms. The number of carbonyl (C=O) groups is 1. The minimum absolute atomic E-state index is 0.0607. The molecule has 0 saturated carbocycles. The predicted octanol–water partition coefficient (Wildman–Crippen LogP) is 4.76. The average Bonchev–Trinajstić information content (AvgIpc) is 2.99. The van der Waals surface area contributed by atoms with Crippen LogP contribution in [0.5, 0.6) is 0 Å². The van der Waals surface area contributed by atoms with Crippen molar-refractivity contribution in [2.75, 3.05) is 23.4 Å². The summed E-state index contributed by atoms with van der Waals surface area (Å²) < 4.78 is 41.3. The van der Waals surface area contributed by atoms with Crippen LogP contribution in [0.25, 0.3) is 5.65 Å². The monoisotopic (exact) mass is 521 g/mol. The number of thioether (sulfide) groups is 1. The summed E-state index contributed by atoms with van der Waals surface area (Å²) in [5.74, 6) is 0.580. The molecule has 11 heteroatoms. The first kappa shape index (κ1) is 20.7. The summed E-state index contributed by atoms with van der Waals surface area (Å²) >= 11 is 3.40. The maximum atomic E-state index is 13.0. The van der Waals surface area contributed by atoms with Crippen LogP contribution in [0.4, 0.5) is 24.7 Å². The standard InChI is InChI=1S/C17H15F3IN5OS/c1-3-28-16-13(15(27)24-11-7-10(21)8-23-14(11)22-2)25-12-6-9(17(18,19)20)4-5-26(12)16/h4-8H,3H2,1-2H3,(H,22,23)(H,24,27). The van der Waals surface area contributed by atoms with E-state index in [0.717, 1.165) is 15.7 Å². The van der Waals surface area contributed by atoms with Crippen molar-refractivity contribution in [3.8, 4) is 0 Å². The van der Waals surface area contributed by atoms with Crippen LogP contribution in [-0.2, 0) is 6.18 Å². The predicted molar refractivity (Wildman–Crippen MR) is 111 cm³/mol. The number of alkyl halides is 3. The zero-order valence-corrected chi connectivity index (χ0v) is 17.7. The molecule has 3 aromatic rings. The Kier molecular flexibility index (Phi) is 6.03. The Bertz CT molecular complexity index is 1040. The van der Waals surface area contributed by atoms with Gasteiger partial charge in [-0.15, -0.1) is 11.8 Å². The van der Waals surface area contributed by atoms with Gasteiger partial charge in [-0.2, -0.15) is 13.2 Å². The van der Waals surface area contributed by atoms with Crippen molar-refractivity contribution < 1.29 is 18.0 Å². The molecule has 6 nitrogen and oxygen atoms in total. The number of rotatable bonds is 5.